The third-order valence-corrected chi connectivity index (χ3v) is 2.70. The van der Waals surface area contributed by atoms with Crippen molar-refractivity contribution in [2.45, 2.75) is 6.42 Å². The van der Waals surface area contributed by atoms with Crippen molar-refractivity contribution in [3.63, 3.8) is 0 Å². The average molecular weight is 273 g/mol. The lowest BCUT2D eigenvalue weighted by molar-refractivity contribution is -0.136. The lowest BCUT2D eigenvalue weighted by Gasteiger charge is -2.06. The molecule has 0 amide bonds. The number of nitrogens with zero attached hydrogens (tertiary/aromatic N) is 2. The Morgan fingerprint density at radius 3 is 2.70 bits per heavy atom. The Hall–Kier alpha value is -2.63. The Morgan fingerprint density at radius 1 is 1.30 bits per heavy atom. The Bertz CT molecular complexity index is 584. The highest BCUT2D eigenvalue weighted by Gasteiger charge is 2.03. The molecule has 104 valence electrons. The summed E-state index contributed by atoms with van der Waals surface area (Å²) in [5.41, 5.74) is 1.70. The van der Waals surface area contributed by atoms with Gasteiger partial charge < -0.3 is 15.2 Å². The first-order chi connectivity index (χ1) is 9.69. The van der Waals surface area contributed by atoms with Gasteiger partial charge in [0, 0.05) is 18.2 Å². The first kappa shape index (κ1) is 13.8. The molecule has 2 N–H and O–H groups in total. The molecule has 0 aliphatic heterocycles. The first-order valence-corrected chi connectivity index (χ1v) is 6.11. The Morgan fingerprint density at radius 2 is 2.05 bits per heavy atom. The predicted molar refractivity (Wildman–Crippen MR) is 74.8 cm³/mol. The van der Waals surface area contributed by atoms with Gasteiger partial charge in [-0.15, -0.1) is 0 Å². The van der Waals surface area contributed by atoms with Gasteiger partial charge in [-0.2, -0.15) is 0 Å². The number of rotatable bonds is 6. The molecule has 0 spiro atoms. The largest absolute Gasteiger partial charge is 0.497 e. The van der Waals surface area contributed by atoms with Crippen LogP contribution in [0.3, 0.4) is 0 Å². The SMILES string of the molecule is COc1ccc(-c2cc(NCCC(=O)O)ncn2)cc1. The first-order valence-electron chi connectivity index (χ1n) is 6.11. The van der Waals surface area contributed by atoms with Crippen LogP contribution in [0, 0.1) is 0 Å². The number of methoxy groups -OCH3 is 1. The second kappa shape index (κ2) is 6.51. The van der Waals surface area contributed by atoms with Crippen LogP contribution in [-0.4, -0.2) is 34.7 Å². The van der Waals surface area contributed by atoms with Crippen molar-refractivity contribution < 1.29 is 14.6 Å². The van der Waals surface area contributed by atoms with Crippen LogP contribution < -0.4 is 10.1 Å². The van der Waals surface area contributed by atoms with Crippen molar-refractivity contribution in [3.8, 4) is 17.0 Å². The monoisotopic (exact) mass is 273 g/mol. The lowest BCUT2D eigenvalue weighted by Crippen LogP contribution is -2.08. The number of ether oxygens (including phenoxy) is 1. The molecule has 1 aromatic carbocycles. The van der Waals surface area contributed by atoms with Crippen LogP contribution in [-0.2, 0) is 4.79 Å². The van der Waals surface area contributed by atoms with Gasteiger partial charge in [-0.05, 0) is 24.3 Å². The van der Waals surface area contributed by atoms with Gasteiger partial charge >= 0.3 is 5.97 Å². The minimum atomic E-state index is -0.845. The van der Waals surface area contributed by atoms with E-state index in [-0.39, 0.29) is 6.42 Å². The molecule has 0 bridgehead atoms. The number of hydrogen-bond acceptors (Lipinski definition) is 5. The minimum Gasteiger partial charge on any atom is -0.497 e. The number of benzene rings is 1. The highest BCUT2D eigenvalue weighted by Crippen LogP contribution is 2.21. The molecule has 2 rings (SSSR count). The molecule has 20 heavy (non-hydrogen) atoms. The maximum absolute atomic E-state index is 10.5. The smallest absolute Gasteiger partial charge is 0.305 e. The summed E-state index contributed by atoms with van der Waals surface area (Å²) in [6.07, 6.45) is 1.49. The number of carboxylic acid groups (broad SMARTS) is 1. The summed E-state index contributed by atoms with van der Waals surface area (Å²) in [6, 6.07) is 9.30. The quantitative estimate of drug-likeness (QED) is 0.837. The number of nitrogens with one attached hydrogen (secondary N) is 1. The van der Waals surface area contributed by atoms with E-state index in [4.69, 9.17) is 9.84 Å². The Labute approximate surface area is 116 Å². The van der Waals surface area contributed by atoms with E-state index in [9.17, 15) is 4.79 Å². The van der Waals surface area contributed by atoms with Gasteiger partial charge in [0.2, 0.25) is 0 Å². The van der Waals surface area contributed by atoms with Crippen LogP contribution >= 0.6 is 0 Å². The van der Waals surface area contributed by atoms with Crippen LogP contribution in [0.5, 0.6) is 5.75 Å². The molecular formula is C14H15N3O3. The van der Waals surface area contributed by atoms with Gasteiger partial charge in [0.25, 0.3) is 0 Å². The number of aromatic nitrogens is 2. The van der Waals surface area contributed by atoms with E-state index in [0.29, 0.717) is 12.4 Å². The molecule has 1 aromatic heterocycles. The van der Waals surface area contributed by atoms with E-state index in [1.54, 1.807) is 13.2 Å². The zero-order chi connectivity index (χ0) is 14.4. The van der Waals surface area contributed by atoms with Gasteiger partial charge in [-0.25, -0.2) is 9.97 Å². The molecule has 6 nitrogen and oxygen atoms in total. The predicted octanol–water partition coefficient (Wildman–Crippen LogP) is 2.04. The Kier molecular flexibility index (Phi) is 4.49. The van der Waals surface area contributed by atoms with E-state index in [2.05, 4.69) is 15.3 Å². The fourth-order valence-electron chi connectivity index (χ4n) is 1.67. The number of anilines is 1. The number of carboxylic acids is 1. The summed E-state index contributed by atoms with van der Waals surface area (Å²) in [6.45, 7) is 0.328. The van der Waals surface area contributed by atoms with E-state index in [1.165, 1.54) is 6.33 Å². The van der Waals surface area contributed by atoms with Gasteiger partial charge in [0.05, 0.1) is 19.2 Å². The summed E-state index contributed by atoms with van der Waals surface area (Å²) in [5, 5.41) is 11.5. The van der Waals surface area contributed by atoms with Gasteiger partial charge in [-0.1, -0.05) is 0 Å². The van der Waals surface area contributed by atoms with Crippen LogP contribution in [0.1, 0.15) is 6.42 Å². The third-order valence-electron chi connectivity index (χ3n) is 2.70. The van der Waals surface area contributed by atoms with Crippen molar-refractivity contribution in [2.75, 3.05) is 19.0 Å². The zero-order valence-electron chi connectivity index (χ0n) is 11.0. The van der Waals surface area contributed by atoms with Crippen LogP contribution in [0.15, 0.2) is 36.7 Å². The Balaban J connectivity index is 2.09. The molecule has 0 unspecified atom stereocenters. The summed E-state index contributed by atoms with van der Waals surface area (Å²) in [7, 11) is 1.62. The highest BCUT2D eigenvalue weighted by atomic mass is 16.5. The molecule has 1 heterocycles. The second-order valence-corrected chi connectivity index (χ2v) is 4.09. The fourth-order valence-corrected chi connectivity index (χ4v) is 1.67. The van der Waals surface area contributed by atoms with E-state index < -0.39 is 5.97 Å². The van der Waals surface area contributed by atoms with E-state index >= 15 is 0 Å². The standard InChI is InChI=1S/C14H15N3O3/c1-20-11-4-2-10(3-5-11)12-8-13(17-9-16-12)15-7-6-14(18)19/h2-5,8-9H,6-7H2,1H3,(H,18,19)(H,15,16,17). The van der Waals surface area contributed by atoms with Crippen molar-refractivity contribution in [1.82, 2.24) is 9.97 Å². The van der Waals surface area contributed by atoms with Crippen molar-refractivity contribution in [3.05, 3.63) is 36.7 Å². The number of hydrogen-bond donors (Lipinski definition) is 2. The normalized spacial score (nSPS) is 10.1. The van der Waals surface area contributed by atoms with Gasteiger partial charge in [-0.3, -0.25) is 4.79 Å². The topological polar surface area (TPSA) is 84.3 Å². The highest BCUT2D eigenvalue weighted by molar-refractivity contribution is 5.67. The summed E-state index contributed by atoms with van der Waals surface area (Å²) >= 11 is 0. The summed E-state index contributed by atoms with van der Waals surface area (Å²) in [5.74, 6) is 0.539. The average Bonchev–Trinajstić information content (AvgIpc) is 2.47. The van der Waals surface area contributed by atoms with E-state index in [1.807, 2.05) is 24.3 Å². The second-order valence-electron chi connectivity index (χ2n) is 4.09. The van der Waals surface area contributed by atoms with Crippen LogP contribution in [0.2, 0.25) is 0 Å². The molecule has 2 aromatic rings. The zero-order valence-corrected chi connectivity index (χ0v) is 11.0. The summed E-state index contributed by atoms with van der Waals surface area (Å²) < 4.78 is 5.10. The van der Waals surface area contributed by atoms with Crippen molar-refractivity contribution >= 4 is 11.8 Å². The minimum absolute atomic E-state index is 0.0435. The fraction of sp³-hybridized carbons (Fsp3) is 0.214. The van der Waals surface area contributed by atoms with E-state index in [0.717, 1.165) is 17.0 Å². The molecule has 0 saturated carbocycles. The van der Waals surface area contributed by atoms with Crippen LogP contribution in [0.4, 0.5) is 5.82 Å². The third kappa shape index (κ3) is 3.68. The van der Waals surface area contributed by atoms with Crippen molar-refractivity contribution in [2.24, 2.45) is 0 Å². The van der Waals surface area contributed by atoms with Gasteiger partial charge in [0.15, 0.2) is 0 Å². The van der Waals surface area contributed by atoms with Crippen LogP contribution in [0.25, 0.3) is 11.3 Å². The number of carbonyl (C=O) groups is 1. The van der Waals surface area contributed by atoms with Gasteiger partial charge in [0.1, 0.15) is 17.9 Å². The maximum atomic E-state index is 10.5. The molecule has 6 heteroatoms. The maximum Gasteiger partial charge on any atom is 0.305 e. The molecule has 0 radical (unpaired) electrons. The molecular weight excluding hydrogens is 258 g/mol. The van der Waals surface area contributed by atoms with Crippen molar-refractivity contribution in [1.29, 1.82) is 0 Å². The molecule has 0 saturated heterocycles. The summed E-state index contributed by atoms with van der Waals surface area (Å²) in [4.78, 5) is 18.7. The molecule has 0 aliphatic carbocycles. The lowest BCUT2D eigenvalue weighted by atomic mass is 10.1. The molecule has 0 atom stereocenters. The molecule has 0 fully saturated rings. The molecule has 0 aliphatic rings. The number of aliphatic carboxylic acids is 1.